The number of amides is 1. The van der Waals surface area contributed by atoms with Crippen molar-refractivity contribution in [2.75, 3.05) is 18.8 Å². The van der Waals surface area contributed by atoms with Crippen molar-refractivity contribution in [1.82, 2.24) is 40.6 Å². The number of carbonyl (C=O) groups is 1. The van der Waals surface area contributed by atoms with Crippen LogP contribution in [0.3, 0.4) is 0 Å². The monoisotopic (exact) mass is 384 g/mol. The number of aromatic nitrogens is 6. The standard InChI is InChI=1S/C16H20N10O2/c1-3-25(4-2)10-12-13(26(24-20-12)15-14(17)22-28-23-15)16(27)21-19-9-11-6-5-7-18-8-11/h5-9H,3-4,10H2,1-2H3,(H2,17,22)(H,21,27)/b19-9+. The van der Waals surface area contributed by atoms with Gasteiger partial charge >= 0.3 is 0 Å². The highest BCUT2D eigenvalue weighted by Crippen LogP contribution is 2.17. The molecule has 0 aromatic carbocycles. The van der Waals surface area contributed by atoms with Crippen molar-refractivity contribution in [3.63, 3.8) is 0 Å². The van der Waals surface area contributed by atoms with Crippen LogP contribution in [0.25, 0.3) is 5.82 Å². The Morgan fingerprint density at radius 1 is 1.39 bits per heavy atom. The topological polar surface area (TPSA) is 153 Å². The number of nitrogens with two attached hydrogens (primary N) is 1. The molecule has 3 rings (SSSR count). The molecule has 0 radical (unpaired) electrons. The van der Waals surface area contributed by atoms with Gasteiger partial charge in [-0.15, -0.1) is 5.10 Å². The second-order valence-electron chi connectivity index (χ2n) is 5.72. The number of nitrogen functional groups attached to an aromatic ring is 1. The smallest absolute Gasteiger partial charge is 0.292 e. The zero-order valence-corrected chi connectivity index (χ0v) is 15.5. The average Bonchev–Trinajstić information content (AvgIpc) is 3.32. The number of carbonyl (C=O) groups excluding carboxylic acids is 1. The van der Waals surface area contributed by atoms with E-state index in [1.807, 2.05) is 19.9 Å². The van der Waals surface area contributed by atoms with Crippen LogP contribution in [0.4, 0.5) is 5.82 Å². The van der Waals surface area contributed by atoms with Gasteiger partial charge in [-0.3, -0.25) is 14.7 Å². The summed E-state index contributed by atoms with van der Waals surface area (Å²) in [5.74, 6) is -0.443. The van der Waals surface area contributed by atoms with E-state index in [0.717, 1.165) is 18.7 Å². The minimum atomic E-state index is -0.519. The number of hydrogen-bond donors (Lipinski definition) is 2. The normalized spacial score (nSPS) is 11.4. The molecule has 3 aromatic rings. The molecule has 146 valence electrons. The van der Waals surface area contributed by atoms with Crippen molar-refractivity contribution in [2.24, 2.45) is 5.10 Å². The third-order valence-corrected chi connectivity index (χ3v) is 3.98. The molecule has 0 saturated heterocycles. The Morgan fingerprint density at radius 3 is 2.86 bits per heavy atom. The van der Waals surface area contributed by atoms with Crippen molar-refractivity contribution in [1.29, 1.82) is 0 Å². The molecule has 12 heteroatoms. The SMILES string of the molecule is CCN(CC)Cc1nnn(-c2nonc2N)c1C(=O)N/N=C/c1cccnc1. The number of hydrogen-bond acceptors (Lipinski definition) is 10. The summed E-state index contributed by atoms with van der Waals surface area (Å²) in [6.07, 6.45) is 4.75. The summed E-state index contributed by atoms with van der Waals surface area (Å²) in [5.41, 5.74) is 9.56. The molecule has 0 atom stereocenters. The maximum atomic E-state index is 12.8. The number of nitrogens with one attached hydrogen (secondary N) is 1. The van der Waals surface area contributed by atoms with Crippen LogP contribution in [-0.2, 0) is 6.54 Å². The Morgan fingerprint density at radius 2 is 2.21 bits per heavy atom. The van der Waals surface area contributed by atoms with Gasteiger partial charge < -0.3 is 5.73 Å². The van der Waals surface area contributed by atoms with Gasteiger partial charge in [-0.1, -0.05) is 25.1 Å². The van der Waals surface area contributed by atoms with Gasteiger partial charge in [0.25, 0.3) is 5.91 Å². The third kappa shape index (κ3) is 4.17. The average molecular weight is 384 g/mol. The van der Waals surface area contributed by atoms with E-state index in [1.54, 1.807) is 18.5 Å². The molecule has 0 unspecified atom stereocenters. The van der Waals surface area contributed by atoms with E-state index in [4.69, 9.17) is 5.73 Å². The molecule has 0 aliphatic heterocycles. The molecular weight excluding hydrogens is 364 g/mol. The molecular formula is C16H20N10O2. The van der Waals surface area contributed by atoms with Gasteiger partial charge in [0.1, 0.15) is 5.69 Å². The first-order valence-corrected chi connectivity index (χ1v) is 8.62. The molecule has 0 saturated carbocycles. The van der Waals surface area contributed by atoms with E-state index in [-0.39, 0.29) is 17.3 Å². The lowest BCUT2D eigenvalue weighted by Crippen LogP contribution is -2.27. The van der Waals surface area contributed by atoms with E-state index in [9.17, 15) is 4.79 Å². The molecule has 3 heterocycles. The van der Waals surface area contributed by atoms with Crippen LogP contribution in [0.2, 0.25) is 0 Å². The first-order valence-electron chi connectivity index (χ1n) is 8.62. The molecule has 0 aliphatic rings. The Bertz CT molecular complexity index is 946. The van der Waals surface area contributed by atoms with Crippen LogP contribution in [0.15, 0.2) is 34.3 Å². The molecule has 0 fully saturated rings. The summed E-state index contributed by atoms with van der Waals surface area (Å²) < 4.78 is 5.81. The maximum Gasteiger partial charge on any atom is 0.292 e. The predicted octanol–water partition coefficient (Wildman–Crippen LogP) is 0.233. The van der Waals surface area contributed by atoms with Gasteiger partial charge in [-0.2, -0.15) is 9.78 Å². The molecule has 3 aromatic heterocycles. The minimum absolute atomic E-state index is 0.00722. The van der Waals surface area contributed by atoms with E-state index in [1.165, 1.54) is 10.9 Å². The van der Waals surface area contributed by atoms with Crippen LogP contribution in [0.1, 0.15) is 35.6 Å². The molecule has 0 aliphatic carbocycles. The Kier molecular flexibility index (Phi) is 6.01. The zero-order chi connectivity index (χ0) is 19.9. The zero-order valence-electron chi connectivity index (χ0n) is 15.5. The quantitative estimate of drug-likeness (QED) is 0.410. The lowest BCUT2D eigenvalue weighted by atomic mass is 10.2. The van der Waals surface area contributed by atoms with Crippen LogP contribution in [0.5, 0.6) is 0 Å². The van der Waals surface area contributed by atoms with Crippen LogP contribution >= 0.6 is 0 Å². The molecule has 28 heavy (non-hydrogen) atoms. The van der Waals surface area contributed by atoms with E-state index >= 15 is 0 Å². The van der Waals surface area contributed by atoms with Gasteiger partial charge in [0, 0.05) is 24.5 Å². The number of hydrazone groups is 1. The van der Waals surface area contributed by atoms with Crippen molar-refractivity contribution in [3.8, 4) is 5.82 Å². The molecule has 12 nitrogen and oxygen atoms in total. The Labute approximate surface area is 160 Å². The van der Waals surface area contributed by atoms with Crippen LogP contribution in [-0.4, -0.2) is 60.4 Å². The number of pyridine rings is 1. The second kappa shape index (κ2) is 8.81. The maximum absolute atomic E-state index is 12.8. The summed E-state index contributed by atoms with van der Waals surface area (Å²) in [6, 6.07) is 3.58. The van der Waals surface area contributed by atoms with Gasteiger partial charge in [-0.25, -0.2) is 10.1 Å². The molecule has 3 N–H and O–H groups in total. The van der Waals surface area contributed by atoms with Crippen molar-refractivity contribution in [2.45, 2.75) is 20.4 Å². The number of nitrogens with zero attached hydrogens (tertiary/aromatic N) is 8. The molecule has 0 bridgehead atoms. The first-order chi connectivity index (χ1) is 13.6. The summed E-state index contributed by atoms with van der Waals surface area (Å²) in [7, 11) is 0. The van der Waals surface area contributed by atoms with Gasteiger partial charge in [-0.05, 0) is 29.5 Å². The van der Waals surface area contributed by atoms with E-state index in [2.05, 4.69) is 45.7 Å². The summed E-state index contributed by atoms with van der Waals surface area (Å²) >= 11 is 0. The lowest BCUT2D eigenvalue weighted by Gasteiger charge is -2.16. The fourth-order valence-corrected chi connectivity index (χ4v) is 2.46. The summed E-state index contributed by atoms with van der Waals surface area (Å²) in [5, 5.41) is 19.3. The largest absolute Gasteiger partial charge is 0.378 e. The Hall–Kier alpha value is -3.67. The van der Waals surface area contributed by atoms with Gasteiger partial charge in [0.15, 0.2) is 5.69 Å². The van der Waals surface area contributed by atoms with Crippen molar-refractivity contribution < 1.29 is 9.42 Å². The van der Waals surface area contributed by atoms with E-state index in [0.29, 0.717) is 12.2 Å². The lowest BCUT2D eigenvalue weighted by molar-refractivity contribution is 0.0945. The summed E-state index contributed by atoms with van der Waals surface area (Å²) in [4.78, 5) is 18.9. The third-order valence-electron chi connectivity index (χ3n) is 3.98. The summed E-state index contributed by atoms with van der Waals surface area (Å²) in [6.45, 7) is 6.04. The van der Waals surface area contributed by atoms with Crippen LogP contribution < -0.4 is 11.2 Å². The molecule has 0 spiro atoms. The number of rotatable bonds is 8. The first kappa shape index (κ1) is 19.1. The van der Waals surface area contributed by atoms with Crippen LogP contribution in [0, 0.1) is 0 Å². The number of anilines is 1. The van der Waals surface area contributed by atoms with Crippen molar-refractivity contribution in [3.05, 3.63) is 41.5 Å². The highest BCUT2D eigenvalue weighted by atomic mass is 16.6. The minimum Gasteiger partial charge on any atom is -0.378 e. The molecule has 1 amide bonds. The van der Waals surface area contributed by atoms with Gasteiger partial charge in [0.2, 0.25) is 11.6 Å². The van der Waals surface area contributed by atoms with E-state index < -0.39 is 5.91 Å². The van der Waals surface area contributed by atoms with Crippen molar-refractivity contribution >= 4 is 17.9 Å². The fourth-order valence-electron chi connectivity index (χ4n) is 2.46. The van der Waals surface area contributed by atoms with Gasteiger partial charge in [0.05, 0.1) is 6.21 Å². The highest BCUT2D eigenvalue weighted by Gasteiger charge is 2.25. The highest BCUT2D eigenvalue weighted by molar-refractivity contribution is 5.94. The fraction of sp³-hybridized carbons (Fsp3) is 0.312. The Balaban J connectivity index is 1.89. The second-order valence-corrected chi connectivity index (χ2v) is 5.72. The predicted molar refractivity (Wildman–Crippen MR) is 99.5 cm³/mol.